The van der Waals surface area contributed by atoms with E-state index in [1.165, 1.54) is 30.2 Å². The predicted octanol–water partition coefficient (Wildman–Crippen LogP) is 0.998. The lowest BCUT2D eigenvalue weighted by Gasteiger charge is -2.25. The Hall–Kier alpha value is -2.24. The highest BCUT2D eigenvalue weighted by atomic mass is 16.5. The molecule has 1 aromatic rings. The van der Waals surface area contributed by atoms with Crippen molar-refractivity contribution < 1.29 is 19.4 Å². The zero-order valence-electron chi connectivity index (χ0n) is 11.2. The van der Waals surface area contributed by atoms with Gasteiger partial charge < -0.3 is 20.5 Å². The summed E-state index contributed by atoms with van der Waals surface area (Å²) in [6.07, 6.45) is 0. The summed E-state index contributed by atoms with van der Waals surface area (Å²) in [5, 5.41) is 9.51. The molecule has 1 rings (SSSR count). The first-order valence-corrected chi connectivity index (χ1v) is 5.83. The van der Waals surface area contributed by atoms with Gasteiger partial charge >= 0.3 is 5.97 Å². The predicted molar refractivity (Wildman–Crippen MR) is 70.7 cm³/mol. The van der Waals surface area contributed by atoms with E-state index in [1.807, 2.05) is 0 Å². The van der Waals surface area contributed by atoms with E-state index in [2.05, 4.69) is 4.74 Å². The Labute approximate surface area is 111 Å². The van der Waals surface area contributed by atoms with Crippen LogP contribution in [0.2, 0.25) is 0 Å². The van der Waals surface area contributed by atoms with Gasteiger partial charge in [-0.05, 0) is 32.0 Å². The molecule has 0 spiro atoms. The normalized spacial score (nSPS) is 10.3. The quantitative estimate of drug-likeness (QED) is 0.482. The minimum absolute atomic E-state index is 0.141. The van der Waals surface area contributed by atoms with E-state index in [1.54, 1.807) is 13.8 Å². The van der Waals surface area contributed by atoms with Crippen LogP contribution in [0.1, 0.15) is 24.2 Å². The Morgan fingerprint density at radius 2 is 2.05 bits per heavy atom. The number of phenols is 1. The number of carbonyl (C=O) groups excluding carboxylic acids is 2. The number of esters is 1. The van der Waals surface area contributed by atoms with Crippen LogP contribution in [0.25, 0.3) is 0 Å². The van der Waals surface area contributed by atoms with E-state index >= 15 is 0 Å². The van der Waals surface area contributed by atoms with Crippen LogP contribution in [-0.4, -0.2) is 41.6 Å². The maximum atomic E-state index is 12.3. The number of amides is 1. The molecule has 0 aliphatic carbocycles. The van der Waals surface area contributed by atoms with Crippen molar-refractivity contribution in [3.8, 4) is 5.75 Å². The molecule has 0 bridgehead atoms. The van der Waals surface area contributed by atoms with Crippen molar-refractivity contribution in [3.05, 3.63) is 23.8 Å². The largest absolute Gasteiger partial charge is 0.506 e. The smallest absolute Gasteiger partial charge is 0.325 e. The molecular formula is C13H18N2O4. The third-order valence-electron chi connectivity index (χ3n) is 2.69. The van der Waals surface area contributed by atoms with Gasteiger partial charge in [0, 0.05) is 11.6 Å². The molecule has 19 heavy (non-hydrogen) atoms. The molecule has 0 aliphatic heterocycles. The van der Waals surface area contributed by atoms with Crippen molar-refractivity contribution in [1.82, 2.24) is 4.90 Å². The SMILES string of the molecule is COC(=O)CN(C(=O)c1ccc(N)c(O)c1)C(C)C. The van der Waals surface area contributed by atoms with E-state index in [0.29, 0.717) is 0 Å². The second-order valence-electron chi connectivity index (χ2n) is 4.38. The number of hydrogen-bond acceptors (Lipinski definition) is 5. The molecule has 0 atom stereocenters. The minimum Gasteiger partial charge on any atom is -0.506 e. The van der Waals surface area contributed by atoms with E-state index in [0.717, 1.165) is 0 Å². The van der Waals surface area contributed by atoms with Gasteiger partial charge in [0.05, 0.1) is 12.8 Å². The number of benzene rings is 1. The van der Waals surface area contributed by atoms with Gasteiger partial charge in [0.25, 0.3) is 5.91 Å². The molecule has 0 fully saturated rings. The second-order valence-corrected chi connectivity index (χ2v) is 4.38. The number of nitrogen functional groups attached to an aromatic ring is 1. The van der Waals surface area contributed by atoms with Crippen molar-refractivity contribution in [2.45, 2.75) is 19.9 Å². The topological polar surface area (TPSA) is 92.9 Å². The van der Waals surface area contributed by atoms with Gasteiger partial charge in [-0.1, -0.05) is 0 Å². The number of phenolic OH excluding ortho intramolecular Hbond substituents is 1. The van der Waals surface area contributed by atoms with E-state index in [-0.39, 0.29) is 35.5 Å². The fourth-order valence-electron chi connectivity index (χ4n) is 1.54. The number of hydrogen-bond donors (Lipinski definition) is 2. The molecule has 6 nitrogen and oxygen atoms in total. The van der Waals surface area contributed by atoms with Crippen LogP contribution in [0.4, 0.5) is 5.69 Å². The molecule has 3 N–H and O–H groups in total. The fraction of sp³-hybridized carbons (Fsp3) is 0.385. The summed E-state index contributed by atoms with van der Waals surface area (Å²) >= 11 is 0. The highest BCUT2D eigenvalue weighted by molar-refractivity contribution is 5.97. The lowest BCUT2D eigenvalue weighted by Crippen LogP contribution is -2.41. The average molecular weight is 266 g/mol. The summed E-state index contributed by atoms with van der Waals surface area (Å²) < 4.78 is 4.56. The molecule has 0 aromatic heterocycles. The number of aromatic hydroxyl groups is 1. The van der Waals surface area contributed by atoms with Gasteiger partial charge in [-0.3, -0.25) is 9.59 Å². The molecule has 0 saturated heterocycles. The average Bonchev–Trinajstić information content (AvgIpc) is 2.37. The van der Waals surface area contributed by atoms with Gasteiger partial charge in [0.2, 0.25) is 0 Å². The lowest BCUT2D eigenvalue weighted by molar-refractivity contribution is -0.141. The molecule has 0 aliphatic rings. The summed E-state index contributed by atoms with van der Waals surface area (Å²) in [6, 6.07) is 4.06. The molecule has 0 saturated carbocycles. The summed E-state index contributed by atoms with van der Waals surface area (Å²) in [6.45, 7) is 3.44. The van der Waals surface area contributed by atoms with Crippen LogP contribution in [0, 0.1) is 0 Å². The Morgan fingerprint density at radius 3 is 2.53 bits per heavy atom. The molecule has 0 unspecified atom stereocenters. The maximum absolute atomic E-state index is 12.3. The molecule has 104 valence electrons. The van der Waals surface area contributed by atoms with Crippen LogP contribution in [0.15, 0.2) is 18.2 Å². The van der Waals surface area contributed by atoms with Crippen molar-refractivity contribution in [2.24, 2.45) is 0 Å². The summed E-state index contributed by atoms with van der Waals surface area (Å²) in [5.41, 5.74) is 5.94. The van der Waals surface area contributed by atoms with Crippen LogP contribution in [-0.2, 0) is 9.53 Å². The number of nitrogens with zero attached hydrogens (tertiary/aromatic N) is 1. The first-order chi connectivity index (χ1) is 8.86. The van der Waals surface area contributed by atoms with Gasteiger partial charge in [-0.15, -0.1) is 0 Å². The minimum atomic E-state index is -0.498. The molecular weight excluding hydrogens is 248 g/mol. The number of carbonyl (C=O) groups is 2. The van der Waals surface area contributed by atoms with Gasteiger partial charge in [-0.2, -0.15) is 0 Å². The zero-order valence-corrected chi connectivity index (χ0v) is 11.2. The first kappa shape index (κ1) is 14.8. The van der Waals surface area contributed by atoms with Gasteiger partial charge in [0.1, 0.15) is 12.3 Å². The highest BCUT2D eigenvalue weighted by Crippen LogP contribution is 2.22. The van der Waals surface area contributed by atoms with Crippen molar-refractivity contribution in [2.75, 3.05) is 19.4 Å². The summed E-state index contributed by atoms with van der Waals surface area (Å²) in [4.78, 5) is 24.9. The first-order valence-electron chi connectivity index (χ1n) is 5.83. The van der Waals surface area contributed by atoms with E-state index < -0.39 is 5.97 Å². The van der Waals surface area contributed by atoms with Gasteiger partial charge in [-0.25, -0.2) is 0 Å². The second kappa shape index (κ2) is 6.08. The molecule has 1 aromatic carbocycles. The standard InChI is InChI=1S/C13H18N2O4/c1-8(2)15(7-12(17)19-3)13(18)9-4-5-10(14)11(16)6-9/h4-6,8,16H,7,14H2,1-3H3. The lowest BCUT2D eigenvalue weighted by atomic mass is 10.1. The number of ether oxygens (including phenoxy) is 1. The summed E-state index contributed by atoms with van der Waals surface area (Å²) in [5.74, 6) is -1.02. The maximum Gasteiger partial charge on any atom is 0.325 e. The Kier molecular flexibility index (Phi) is 4.74. The van der Waals surface area contributed by atoms with Crippen molar-refractivity contribution in [3.63, 3.8) is 0 Å². The Bertz CT molecular complexity index is 486. The molecule has 0 heterocycles. The van der Waals surface area contributed by atoms with Crippen LogP contribution < -0.4 is 5.73 Å². The number of anilines is 1. The third kappa shape index (κ3) is 3.61. The highest BCUT2D eigenvalue weighted by Gasteiger charge is 2.22. The Morgan fingerprint density at radius 1 is 1.42 bits per heavy atom. The van der Waals surface area contributed by atoms with Crippen LogP contribution >= 0.6 is 0 Å². The van der Waals surface area contributed by atoms with Crippen molar-refractivity contribution in [1.29, 1.82) is 0 Å². The third-order valence-corrected chi connectivity index (χ3v) is 2.69. The number of methoxy groups -OCH3 is 1. The number of rotatable bonds is 4. The monoisotopic (exact) mass is 266 g/mol. The fourth-order valence-corrected chi connectivity index (χ4v) is 1.54. The molecule has 0 radical (unpaired) electrons. The van der Waals surface area contributed by atoms with Gasteiger partial charge in [0.15, 0.2) is 0 Å². The zero-order chi connectivity index (χ0) is 14.6. The molecule has 1 amide bonds. The summed E-state index contributed by atoms with van der Waals surface area (Å²) in [7, 11) is 1.26. The van der Waals surface area contributed by atoms with Crippen molar-refractivity contribution >= 4 is 17.6 Å². The number of nitrogens with two attached hydrogens (primary N) is 1. The van der Waals surface area contributed by atoms with Crippen LogP contribution in [0.3, 0.4) is 0 Å². The van der Waals surface area contributed by atoms with Crippen LogP contribution in [0.5, 0.6) is 5.75 Å². The molecule has 6 heteroatoms. The Balaban J connectivity index is 2.99. The van der Waals surface area contributed by atoms with E-state index in [9.17, 15) is 14.7 Å². The van der Waals surface area contributed by atoms with E-state index in [4.69, 9.17) is 5.73 Å².